The molecule has 2 aliphatic heterocycles. The molecule has 1 saturated carbocycles. The molecule has 6 nitrogen and oxygen atoms in total. The number of nitrogen functional groups attached to an aromatic ring is 1. The Hall–Kier alpha value is -1.18. The van der Waals surface area contributed by atoms with Crippen LogP contribution in [-0.2, 0) is 11.3 Å². The second kappa shape index (κ2) is 6.03. The molecule has 2 saturated heterocycles. The number of fused-ring (bicyclic) bond motifs is 1. The Labute approximate surface area is 140 Å². The number of anilines is 1. The number of carbonyl (C=O) groups is 1. The van der Waals surface area contributed by atoms with E-state index in [9.17, 15) is 4.79 Å². The van der Waals surface area contributed by atoms with Gasteiger partial charge < -0.3 is 16.4 Å². The van der Waals surface area contributed by atoms with Gasteiger partial charge in [-0.15, -0.1) is 11.3 Å². The Bertz CT molecular complexity index is 585. The summed E-state index contributed by atoms with van der Waals surface area (Å²) in [5.41, 5.74) is 6.25. The van der Waals surface area contributed by atoms with Crippen LogP contribution < -0.4 is 16.4 Å². The summed E-state index contributed by atoms with van der Waals surface area (Å²) in [7, 11) is 0. The molecule has 23 heavy (non-hydrogen) atoms. The minimum absolute atomic E-state index is 0.180. The number of nitrogens with two attached hydrogens (primary N) is 1. The van der Waals surface area contributed by atoms with Gasteiger partial charge in [-0.25, -0.2) is 4.98 Å². The highest BCUT2D eigenvalue weighted by Gasteiger charge is 2.55. The van der Waals surface area contributed by atoms with Crippen LogP contribution in [0.3, 0.4) is 0 Å². The standard InChI is InChI=1S/C16H25N5OS/c17-15-20-12(8-23-15)6-19-14(22)16-9-18-5-11(16)7-21(10-16)13-3-1-2-4-13/h8,11,13,18H,1-7,9-10H2,(H2,17,20)(H,19,22)/t11-,16-/m1/s1. The van der Waals surface area contributed by atoms with Crippen LogP contribution in [-0.4, -0.2) is 48.0 Å². The van der Waals surface area contributed by atoms with Crippen molar-refractivity contribution in [2.24, 2.45) is 11.3 Å². The van der Waals surface area contributed by atoms with E-state index in [1.54, 1.807) is 0 Å². The van der Waals surface area contributed by atoms with Gasteiger partial charge in [0.15, 0.2) is 5.13 Å². The van der Waals surface area contributed by atoms with Gasteiger partial charge in [-0.05, 0) is 12.8 Å². The van der Waals surface area contributed by atoms with E-state index in [-0.39, 0.29) is 11.3 Å². The molecule has 3 fully saturated rings. The quantitative estimate of drug-likeness (QED) is 0.758. The number of thiazole rings is 1. The fourth-order valence-corrected chi connectivity index (χ4v) is 5.14. The highest BCUT2D eigenvalue weighted by molar-refractivity contribution is 7.13. The average molecular weight is 335 g/mol. The van der Waals surface area contributed by atoms with Gasteiger partial charge in [-0.2, -0.15) is 0 Å². The van der Waals surface area contributed by atoms with Gasteiger partial charge in [0.1, 0.15) is 0 Å². The molecule has 126 valence electrons. The summed E-state index contributed by atoms with van der Waals surface area (Å²) in [6.07, 6.45) is 5.29. The van der Waals surface area contributed by atoms with E-state index in [0.717, 1.165) is 31.9 Å². The largest absolute Gasteiger partial charge is 0.375 e. The maximum absolute atomic E-state index is 13.0. The second-order valence-corrected chi connectivity index (χ2v) is 8.10. The molecule has 4 rings (SSSR count). The summed E-state index contributed by atoms with van der Waals surface area (Å²) in [4.78, 5) is 19.8. The minimum atomic E-state index is -0.260. The third-order valence-corrected chi connectivity index (χ3v) is 6.57. The maximum atomic E-state index is 13.0. The fourth-order valence-electron chi connectivity index (χ4n) is 4.58. The topological polar surface area (TPSA) is 83.3 Å². The normalized spacial score (nSPS) is 31.6. The van der Waals surface area contributed by atoms with Crippen molar-refractivity contribution in [3.05, 3.63) is 11.1 Å². The van der Waals surface area contributed by atoms with Crippen molar-refractivity contribution in [2.75, 3.05) is 31.9 Å². The molecule has 1 aromatic rings. The molecule has 0 spiro atoms. The summed E-state index contributed by atoms with van der Waals surface area (Å²) < 4.78 is 0. The summed E-state index contributed by atoms with van der Waals surface area (Å²) in [6, 6.07) is 0.698. The zero-order valence-electron chi connectivity index (χ0n) is 13.4. The number of rotatable bonds is 4. The molecule has 0 bridgehead atoms. The highest BCUT2D eigenvalue weighted by Crippen LogP contribution is 2.42. The predicted octanol–water partition coefficient (Wildman–Crippen LogP) is 0.805. The van der Waals surface area contributed by atoms with Gasteiger partial charge in [-0.3, -0.25) is 9.69 Å². The summed E-state index contributed by atoms with van der Waals surface area (Å²) >= 11 is 1.42. The smallest absolute Gasteiger partial charge is 0.229 e. The van der Waals surface area contributed by atoms with E-state index in [2.05, 4.69) is 20.5 Å². The van der Waals surface area contributed by atoms with Crippen molar-refractivity contribution < 1.29 is 4.79 Å². The van der Waals surface area contributed by atoms with Crippen molar-refractivity contribution in [1.29, 1.82) is 0 Å². The first kappa shape index (κ1) is 15.4. The van der Waals surface area contributed by atoms with Crippen LogP contribution in [0.1, 0.15) is 31.4 Å². The van der Waals surface area contributed by atoms with Crippen LogP contribution >= 0.6 is 11.3 Å². The first-order valence-electron chi connectivity index (χ1n) is 8.60. The van der Waals surface area contributed by atoms with Crippen LogP contribution in [0.4, 0.5) is 5.13 Å². The number of likely N-dealkylation sites (tertiary alicyclic amines) is 1. The van der Waals surface area contributed by atoms with Gasteiger partial charge in [0.25, 0.3) is 0 Å². The van der Waals surface area contributed by atoms with Crippen LogP contribution in [0, 0.1) is 11.3 Å². The SMILES string of the molecule is Nc1nc(CNC(=O)[C@@]23CNC[C@@H]2CN(C2CCCC2)C3)cs1. The van der Waals surface area contributed by atoms with E-state index in [1.165, 1.54) is 37.0 Å². The van der Waals surface area contributed by atoms with Crippen molar-refractivity contribution in [3.63, 3.8) is 0 Å². The number of carbonyl (C=O) groups excluding carboxylic acids is 1. The van der Waals surface area contributed by atoms with Crippen LogP contribution in [0.5, 0.6) is 0 Å². The molecule has 3 aliphatic rings. The molecular weight excluding hydrogens is 310 g/mol. The lowest BCUT2D eigenvalue weighted by molar-refractivity contribution is -0.131. The van der Waals surface area contributed by atoms with Crippen molar-refractivity contribution in [3.8, 4) is 0 Å². The lowest BCUT2D eigenvalue weighted by Gasteiger charge is -2.28. The molecule has 7 heteroatoms. The van der Waals surface area contributed by atoms with Crippen molar-refractivity contribution in [2.45, 2.75) is 38.3 Å². The lowest BCUT2D eigenvalue weighted by atomic mass is 9.80. The number of hydrogen-bond donors (Lipinski definition) is 3. The Balaban J connectivity index is 1.43. The van der Waals surface area contributed by atoms with E-state index in [4.69, 9.17) is 5.73 Å². The predicted molar refractivity (Wildman–Crippen MR) is 91.0 cm³/mol. The van der Waals surface area contributed by atoms with Gasteiger partial charge >= 0.3 is 0 Å². The first-order valence-corrected chi connectivity index (χ1v) is 9.48. The summed E-state index contributed by atoms with van der Waals surface area (Å²) in [5, 5.41) is 9.02. The second-order valence-electron chi connectivity index (χ2n) is 7.21. The van der Waals surface area contributed by atoms with Gasteiger partial charge in [0.05, 0.1) is 17.7 Å². The highest BCUT2D eigenvalue weighted by atomic mass is 32.1. The summed E-state index contributed by atoms with van der Waals surface area (Å²) in [6.45, 7) is 4.20. The van der Waals surface area contributed by atoms with Crippen molar-refractivity contribution in [1.82, 2.24) is 20.5 Å². The first-order chi connectivity index (χ1) is 11.2. The van der Waals surface area contributed by atoms with E-state index < -0.39 is 0 Å². The Kier molecular flexibility index (Phi) is 4.03. The molecule has 0 unspecified atom stereocenters. The van der Waals surface area contributed by atoms with Gasteiger partial charge in [0, 0.05) is 43.5 Å². The monoisotopic (exact) mass is 335 g/mol. The van der Waals surface area contributed by atoms with Gasteiger partial charge in [-0.1, -0.05) is 12.8 Å². The summed E-state index contributed by atoms with van der Waals surface area (Å²) in [5.74, 6) is 0.614. The molecule has 3 heterocycles. The van der Waals surface area contributed by atoms with Crippen LogP contribution in [0.15, 0.2) is 5.38 Å². The molecule has 0 radical (unpaired) electrons. The van der Waals surface area contributed by atoms with E-state index >= 15 is 0 Å². The van der Waals surface area contributed by atoms with E-state index in [0.29, 0.717) is 23.6 Å². The Morgan fingerprint density at radius 1 is 1.52 bits per heavy atom. The lowest BCUT2D eigenvalue weighted by Crippen LogP contribution is -2.47. The molecule has 1 aromatic heterocycles. The average Bonchev–Trinajstić information content (AvgIpc) is 3.27. The third kappa shape index (κ3) is 2.75. The number of hydrogen-bond acceptors (Lipinski definition) is 6. The Morgan fingerprint density at radius 3 is 3.09 bits per heavy atom. The zero-order chi connectivity index (χ0) is 15.9. The third-order valence-electron chi connectivity index (χ3n) is 5.85. The number of nitrogens with zero attached hydrogens (tertiary/aromatic N) is 2. The zero-order valence-corrected chi connectivity index (χ0v) is 14.2. The number of nitrogens with one attached hydrogen (secondary N) is 2. The molecule has 2 atom stereocenters. The molecular formula is C16H25N5OS. The molecule has 0 aromatic carbocycles. The molecule has 1 amide bonds. The van der Waals surface area contributed by atoms with Crippen molar-refractivity contribution >= 4 is 22.4 Å². The maximum Gasteiger partial charge on any atom is 0.229 e. The number of amides is 1. The Morgan fingerprint density at radius 2 is 2.35 bits per heavy atom. The van der Waals surface area contributed by atoms with Crippen LogP contribution in [0.2, 0.25) is 0 Å². The van der Waals surface area contributed by atoms with Crippen LogP contribution in [0.25, 0.3) is 0 Å². The van der Waals surface area contributed by atoms with E-state index in [1.807, 2.05) is 5.38 Å². The number of aromatic nitrogens is 1. The molecule has 4 N–H and O–H groups in total. The fraction of sp³-hybridized carbons (Fsp3) is 0.750. The van der Waals surface area contributed by atoms with Gasteiger partial charge in [0.2, 0.25) is 5.91 Å². The minimum Gasteiger partial charge on any atom is -0.375 e. The molecule has 1 aliphatic carbocycles.